The Morgan fingerprint density at radius 1 is 1.10 bits per heavy atom. The van der Waals surface area contributed by atoms with Crippen molar-refractivity contribution in [1.29, 1.82) is 0 Å². The first-order chi connectivity index (χ1) is 9.95. The van der Waals surface area contributed by atoms with Crippen LogP contribution < -0.4 is 0 Å². The highest BCUT2D eigenvalue weighted by Gasteiger charge is 2.10. The molecule has 2 rings (SSSR count). The van der Waals surface area contributed by atoms with Gasteiger partial charge in [0.15, 0.2) is 0 Å². The van der Waals surface area contributed by atoms with E-state index < -0.39 is 11.8 Å². The number of carbonyl (C=O) groups is 1. The number of benzene rings is 2. The zero-order valence-corrected chi connectivity index (χ0v) is 11.5. The summed E-state index contributed by atoms with van der Waals surface area (Å²) in [7, 11) is 1.79. The second-order valence-electron chi connectivity index (χ2n) is 4.91. The summed E-state index contributed by atoms with van der Waals surface area (Å²) in [5, 5.41) is 8.92. The van der Waals surface area contributed by atoms with Gasteiger partial charge >= 0.3 is 5.97 Å². The molecule has 0 aliphatic heterocycles. The average Bonchev–Trinajstić information content (AvgIpc) is 2.43. The molecule has 3 nitrogen and oxygen atoms in total. The highest BCUT2D eigenvalue weighted by molar-refractivity contribution is 5.87. The first kappa shape index (κ1) is 15.1. The molecule has 0 saturated carbocycles. The molecule has 2 aromatic carbocycles. The zero-order chi connectivity index (χ0) is 15.4. The van der Waals surface area contributed by atoms with Crippen LogP contribution in [0.4, 0.5) is 8.78 Å². The average molecular weight is 291 g/mol. The molecule has 0 amide bonds. The number of aromatic carboxylic acids is 1. The summed E-state index contributed by atoms with van der Waals surface area (Å²) in [6, 6.07) is 9.79. The van der Waals surface area contributed by atoms with Gasteiger partial charge < -0.3 is 5.11 Å². The fourth-order valence-electron chi connectivity index (χ4n) is 2.08. The van der Waals surface area contributed by atoms with E-state index in [1.54, 1.807) is 19.2 Å². The van der Waals surface area contributed by atoms with Crippen molar-refractivity contribution >= 4 is 5.97 Å². The molecule has 0 unspecified atom stereocenters. The zero-order valence-electron chi connectivity index (χ0n) is 11.5. The molecule has 5 heteroatoms. The molecule has 0 bridgehead atoms. The van der Waals surface area contributed by atoms with E-state index >= 15 is 0 Å². The minimum absolute atomic E-state index is 0.0570. The molecule has 0 aliphatic carbocycles. The van der Waals surface area contributed by atoms with Gasteiger partial charge in [-0.05, 0) is 42.9 Å². The third-order valence-corrected chi connectivity index (χ3v) is 3.10. The fourth-order valence-corrected chi connectivity index (χ4v) is 2.08. The van der Waals surface area contributed by atoms with Gasteiger partial charge in [0.2, 0.25) is 0 Å². The van der Waals surface area contributed by atoms with Gasteiger partial charge in [-0.3, -0.25) is 4.90 Å². The Morgan fingerprint density at radius 3 is 2.38 bits per heavy atom. The minimum atomic E-state index is -1.09. The van der Waals surface area contributed by atoms with Gasteiger partial charge in [0.1, 0.15) is 11.6 Å². The van der Waals surface area contributed by atoms with Gasteiger partial charge in [-0.2, -0.15) is 0 Å². The first-order valence-corrected chi connectivity index (χ1v) is 6.40. The molecule has 2 aromatic rings. The number of hydrogen-bond acceptors (Lipinski definition) is 2. The molecule has 21 heavy (non-hydrogen) atoms. The van der Waals surface area contributed by atoms with Crippen LogP contribution in [0, 0.1) is 11.6 Å². The summed E-state index contributed by atoms with van der Waals surface area (Å²) in [5.41, 5.74) is 1.27. The molecule has 0 fully saturated rings. The molecule has 0 heterocycles. The van der Waals surface area contributed by atoms with E-state index in [-0.39, 0.29) is 17.9 Å². The van der Waals surface area contributed by atoms with E-state index in [9.17, 15) is 13.6 Å². The molecule has 1 N–H and O–H groups in total. The lowest BCUT2D eigenvalue weighted by molar-refractivity contribution is 0.0696. The third kappa shape index (κ3) is 4.10. The van der Waals surface area contributed by atoms with Crippen LogP contribution in [-0.4, -0.2) is 23.0 Å². The first-order valence-electron chi connectivity index (χ1n) is 6.40. The Kier molecular flexibility index (Phi) is 4.65. The highest BCUT2D eigenvalue weighted by atomic mass is 19.1. The molecule has 0 aromatic heterocycles. The second-order valence-corrected chi connectivity index (χ2v) is 4.91. The SMILES string of the molecule is CN(Cc1ccc(F)cc1)Cc1cc(C(=O)O)ccc1F. The summed E-state index contributed by atoms with van der Waals surface area (Å²) in [6.45, 7) is 0.779. The van der Waals surface area contributed by atoms with Gasteiger partial charge in [-0.25, -0.2) is 13.6 Å². The van der Waals surface area contributed by atoms with Gasteiger partial charge in [0, 0.05) is 18.7 Å². The van der Waals surface area contributed by atoms with Crippen LogP contribution in [0.2, 0.25) is 0 Å². The second kappa shape index (κ2) is 6.45. The maximum Gasteiger partial charge on any atom is 0.335 e. The predicted molar refractivity (Wildman–Crippen MR) is 74.9 cm³/mol. The fraction of sp³-hybridized carbons (Fsp3) is 0.188. The summed E-state index contributed by atoms with van der Waals surface area (Å²) in [6.07, 6.45) is 0. The normalized spacial score (nSPS) is 10.9. The molecule has 0 saturated heterocycles. The number of carboxylic acids is 1. The van der Waals surface area contributed by atoms with Crippen molar-refractivity contribution in [3.8, 4) is 0 Å². The van der Waals surface area contributed by atoms with Crippen LogP contribution in [-0.2, 0) is 13.1 Å². The summed E-state index contributed by atoms with van der Waals surface area (Å²) < 4.78 is 26.5. The summed E-state index contributed by atoms with van der Waals surface area (Å²) in [5.74, 6) is -1.83. The van der Waals surface area contributed by atoms with E-state index in [0.717, 1.165) is 11.6 Å². The van der Waals surface area contributed by atoms with Crippen LogP contribution >= 0.6 is 0 Å². The van der Waals surface area contributed by atoms with E-state index in [1.165, 1.54) is 24.3 Å². The van der Waals surface area contributed by atoms with E-state index in [1.807, 2.05) is 4.90 Å². The summed E-state index contributed by atoms with van der Waals surface area (Å²) >= 11 is 0. The van der Waals surface area contributed by atoms with E-state index in [2.05, 4.69) is 0 Å². The third-order valence-electron chi connectivity index (χ3n) is 3.10. The van der Waals surface area contributed by atoms with Crippen molar-refractivity contribution in [2.45, 2.75) is 13.1 Å². The van der Waals surface area contributed by atoms with Gasteiger partial charge in [0.25, 0.3) is 0 Å². The van der Waals surface area contributed by atoms with Gasteiger partial charge in [0.05, 0.1) is 5.56 Å². The minimum Gasteiger partial charge on any atom is -0.478 e. The highest BCUT2D eigenvalue weighted by Crippen LogP contribution is 2.14. The van der Waals surface area contributed by atoms with Crippen molar-refractivity contribution in [3.63, 3.8) is 0 Å². The van der Waals surface area contributed by atoms with Gasteiger partial charge in [-0.1, -0.05) is 12.1 Å². The number of nitrogens with zero attached hydrogens (tertiary/aromatic N) is 1. The Bertz CT molecular complexity index is 641. The largest absolute Gasteiger partial charge is 0.478 e. The smallest absolute Gasteiger partial charge is 0.335 e. The molecule has 0 spiro atoms. The van der Waals surface area contributed by atoms with Crippen molar-refractivity contribution in [3.05, 3.63) is 70.8 Å². The molecule has 0 aliphatic rings. The standard InChI is InChI=1S/C16H15F2NO2/c1-19(9-11-2-5-14(17)6-3-11)10-13-8-12(16(20)21)4-7-15(13)18/h2-8H,9-10H2,1H3,(H,20,21). The van der Waals surface area contributed by atoms with Crippen molar-refractivity contribution in [1.82, 2.24) is 4.90 Å². The van der Waals surface area contributed by atoms with Crippen LogP contribution in [0.3, 0.4) is 0 Å². The van der Waals surface area contributed by atoms with Crippen molar-refractivity contribution in [2.24, 2.45) is 0 Å². The van der Waals surface area contributed by atoms with Gasteiger partial charge in [-0.15, -0.1) is 0 Å². The van der Waals surface area contributed by atoms with Crippen LogP contribution in [0.15, 0.2) is 42.5 Å². The number of rotatable bonds is 5. The van der Waals surface area contributed by atoms with Crippen molar-refractivity contribution in [2.75, 3.05) is 7.05 Å². The molecular weight excluding hydrogens is 276 g/mol. The van der Waals surface area contributed by atoms with E-state index in [0.29, 0.717) is 12.1 Å². The molecular formula is C16H15F2NO2. The number of carboxylic acid groups (broad SMARTS) is 1. The Morgan fingerprint density at radius 2 is 1.76 bits per heavy atom. The van der Waals surface area contributed by atoms with Crippen LogP contribution in [0.25, 0.3) is 0 Å². The molecule has 110 valence electrons. The quantitative estimate of drug-likeness (QED) is 0.919. The lowest BCUT2D eigenvalue weighted by Crippen LogP contribution is -2.18. The monoisotopic (exact) mass is 291 g/mol. The molecule has 0 atom stereocenters. The van der Waals surface area contributed by atoms with E-state index in [4.69, 9.17) is 5.11 Å². The summed E-state index contributed by atoms with van der Waals surface area (Å²) in [4.78, 5) is 12.7. The van der Waals surface area contributed by atoms with Crippen LogP contribution in [0.1, 0.15) is 21.5 Å². The predicted octanol–water partition coefficient (Wildman–Crippen LogP) is 3.30. The maximum atomic E-state index is 13.7. The topological polar surface area (TPSA) is 40.5 Å². The Balaban J connectivity index is 2.08. The number of halogens is 2. The maximum absolute atomic E-state index is 13.7. The van der Waals surface area contributed by atoms with Crippen molar-refractivity contribution < 1.29 is 18.7 Å². The lowest BCUT2D eigenvalue weighted by atomic mass is 10.1. The lowest BCUT2D eigenvalue weighted by Gasteiger charge is -2.17. The number of hydrogen-bond donors (Lipinski definition) is 1. The Hall–Kier alpha value is -2.27. The Labute approximate surface area is 121 Å². The molecule has 0 radical (unpaired) electrons. The van der Waals surface area contributed by atoms with Crippen LogP contribution in [0.5, 0.6) is 0 Å².